The summed E-state index contributed by atoms with van der Waals surface area (Å²) in [7, 11) is 0. The van der Waals surface area contributed by atoms with Gasteiger partial charge in [-0.3, -0.25) is 9.59 Å². The lowest BCUT2D eigenvalue weighted by Gasteiger charge is -2.02. The second kappa shape index (κ2) is 7.72. The molecule has 0 unspecified atom stereocenters. The third-order valence-corrected chi connectivity index (χ3v) is 3.49. The molecule has 0 radical (unpaired) electrons. The summed E-state index contributed by atoms with van der Waals surface area (Å²) >= 11 is 0. The number of Topliss-reactive ketones (excluding diaryl/α,β-unsaturated/α-hetero) is 1. The van der Waals surface area contributed by atoms with E-state index in [4.69, 9.17) is 4.42 Å². The van der Waals surface area contributed by atoms with Crippen LogP contribution in [0.5, 0.6) is 0 Å². The first-order chi connectivity index (χ1) is 11.0. The SMILES string of the molecule is CCCNC(=O)CC(=O)Cc1nc(-c2ccc(C)cc2)oc1C. The van der Waals surface area contributed by atoms with Crippen molar-refractivity contribution in [2.45, 2.75) is 40.0 Å². The van der Waals surface area contributed by atoms with Crippen LogP contribution in [0.15, 0.2) is 28.7 Å². The van der Waals surface area contributed by atoms with Gasteiger partial charge in [0, 0.05) is 12.1 Å². The molecule has 1 aromatic carbocycles. The summed E-state index contributed by atoms with van der Waals surface area (Å²) < 4.78 is 5.65. The predicted molar refractivity (Wildman–Crippen MR) is 88.0 cm³/mol. The zero-order valence-corrected chi connectivity index (χ0v) is 13.8. The van der Waals surface area contributed by atoms with E-state index in [1.807, 2.05) is 38.1 Å². The largest absolute Gasteiger partial charge is 0.441 e. The van der Waals surface area contributed by atoms with Gasteiger partial charge in [0.15, 0.2) is 0 Å². The minimum Gasteiger partial charge on any atom is -0.441 e. The molecular formula is C18H22N2O3. The van der Waals surface area contributed by atoms with Crippen LogP contribution >= 0.6 is 0 Å². The third-order valence-electron chi connectivity index (χ3n) is 3.49. The van der Waals surface area contributed by atoms with Crippen molar-refractivity contribution in [1.82, 2.24) is 10.3 Å². The van der Waals surface area contributed by atoms with Crippen molar-refractivity contribution in [3.63, 3.8) is 0 Å². The highest BCUT2D eigenvalue weighted by molar-refractivity contribution is 5.98. The molecule has 0 saturated heterocycles. The Morgan fingerprint density at radius 1 is 1.17 bits per heavy atom. The molecule has 2 rings (SSSR count). The number of carbonyl (C=O) groups is 2. The van der Waals surface area contributed by atoms with E-state index >= 15 is 0 Å². The van der Waals surface area contributed by atoms with Gasteiger partial charge >= 0.3 is 0 Å². The predicted octanol–water partition coefficient (Wildman–Crippen LogP) is 2.99. The molecule has 5 nitrogen and oxygen atoms in total. The minimum absolute atomic E-state index is 0.112. The molecule has 2 aromatic rings. The zero-order valence-electron chi connectivity index (χ0n) is 13.8. The Labute approximate surface area is 136 Å². The highest BCUT2D eigenvalue weighted by Gasteiger charge is 2.16. The topological polar surface area (TPSA) is 72.2 Å². The van der Waals surface area contributed by atoms with Gasteiger partial charge in [-0.1, -0.05) is 24.6 Å². The van der Waals surface area contributed by atoms with E-state index in [0.29, 0.717) is 23.9 Å². The second-order valence-corrected chi connectivity index (χ2v) is 5.63. The van der Waals surface area contributed by atoms with E-state index in [1.54, 1.807) is 6.92 Å². The number of hydrogen-bond acceptors (Lipinski definition) is 4. The normalized spacial score (nSPS) is 10.6. The van der Waals surface area contributed by atoms with Crippen LogP contribution in [0.25, 0.3) is 11.5 Å². The summed E-state index contributed by atoms with van der Waals surface area (Å²) in [5.74, 6) is 0.714. The number of carbonyl (C=O) groups excluding carboxylic acids is 2. The molecule has 1 amide bonds. The zero-order chi connectivity index (χ0) is 16.8. The first-order valence-electron chi connectivity index (χ1n) is 7.81. The summed E-state index contributed by atoms with van der Waals surface area (Å²) in [5.41, 5.74) is 2.62. The lowest BCUT2D eigenvalue weighted by atomic mass is 10.1. The average Bonchev–Trinajstić information content (AvgIpc) is 2.86. The maximum absolute atomic E-state index is 12.0. The first-order valence-corrected chi connectivity index (χ1v) is 7.81. The van der Waals surface area contributed by atoms with E-state index in [0.717, 1.165) is 17.5 Å². The Balaban J connectivity index is 2.02. The van der Waals surface area contributed by atoms with E-state index in [1.165, 1.54) is 0 Å². The highest BCUT2D eigenvalue weighted by Crippen LogP contribution is 2.22. The van der Waals surface area contributed by atoms with E-state index in [-0.39, 0.29) is 24.5 Å². The first kappa shape index (κ1) is 16.9. The lowest BCUT2D eigenvalue weighted by Crippen LogP contribution is -2.26. The standard InChI is InChI=1S/C18H22N2O3/c1-4-9-19-17(22)11-15(21)10-16-13(3)23-18(20-16)14-7-5-12(2)6-8-14/h5-8H,4,9-11H2,1-3H3,(H,19,22). The molecule has 0 aliphatic carbocycles. The summed E-state index contributed by atoms with van der Waals surface area (Å²) in [5, 5.41) is 2.70. The summed E-state index contributed by atoms with van der Waals surface area (Å²) in [6, 6.07) is 7.84. The number of aryl methyl sites for hydroxylation is 2. The molecular weight excluding hydrogens is 292 g/mol. The average molecular weight is 314 g/mol. The van der Waals surface area contributed by atoms with Crippen molar-refractivity contribution in [3.8, 4) is 11.5 Å². The molecule has 1 N–H and O–H groups in total. The van der Waals surface area contributed by atoms with Crippen LogP contribution < -0.4 is 5.32 Å². The Bertz CT molecular complexity index is 687. The van der Waals surface area contributed by atoms with Crippen LogP contribution in [-0.2, 0) is 16.0 Å². The molecule has 0 spiro atoms. The maximum Gasteiger partial charge on any atom is 0.227 e. The van der Waals surface area contributed by atoms with Crippen LogP contribution in [0.3, 0.4) is 0 Å². The van der Waals surface area contributed by atoms with E-state index < -0.39 is 0 Å². The third kappa shape index (κ3) is 4.77. The quantitative estimate of drug-likeness (QED) is 0.797. The number of rotatable bonds is 7. The van der Waals surface area contributed by atoms with Crippen molar-refractivity contribution < 1.29 is 14.0 Å². The minimum atomic E-state index is -0.239. The van der Waals surface area contributed by atoms with Gasteiger partial charge in [-0.05, 0) is 32.4 Å². The van der Waals surface area contributed by atoms with Gasteiger partial charge in [0.25, 0.3) is 0 Å². The van der Waals surface area contributed by atoms with E-state index in [9.17, 15) is 9.59 Å². The van der Waals surface area contributed by atoms with Crippen molar-refractivity contribution >= 4 is 11.7 Å². The fourth-order valence-corrected chi connectivity index (χ4v) is 2.17. The number of aromatic nitrogens is 1. The second-order valence-electron chi connectivity index (χ2n) is 5.63. The van der Waals surface area contributed by atoms with Crippen LogP contribution in [0.2, 0.25) is 0 Å². The number of amides is 1. The molecule has 1 aromatic heterocycles. The number of nitrogens with zero attached hydrogens (tertiary/aromatic N) is 1. The highest BCUT2D eigenvalue weighted by atomic mass is 16.4. The fraction of sp³-hybridized carbons (Fsp3) is 0.389. The molecule has 0 aliphatic heterocycles. The molecule has 0 aliphatic rings. The van der Waals surface area contributed by atoms with Gasteiger partial charge in [-0.2, -0.15) is 0 Å². The Morgan fingerprint density at radius 2 is 1.87 bits per heavy atom. The van der Waals surface area contributed by atoms with Crippen LogP contribution in [0.4, 0.5) is 0 Å². The number of hydrogen-bond donors (Lipinski definition) is 1. The number of oxazole rings is 1. The van der Waals surface area contributed by atoms with Crippen molar-refractivity contribution in [2.24, 2.45) is 0 Å². The molecule has 122 valence electrons. The van der Waals surface area contributed by atoms with Gasteiger partial charge in [0.2, 0.25) is 11.8 Å². The molecule has 0 atom stereocenters. The van der Waals surface area contributed by atoms with E-state index in [2.05, 4.69) is 10.3 Å². The van der Waals surface area contributed by atoms with Gasteiger partial charge in [0.1, 0.15) is 11.5 Å². The summed E-state index contributed by atoms with van der Waals surface area (Å²) in [6.45, 7) is 6.35. The van der Waals surface area contributed by atoms with Crippen LogP contribution in [0, 0.1) is 13.8 Å². The van der Waals surface area contributed by atoms with Crippen LogP contribution in [0.1, 0.15) is 36.8 Å². The maximum atomic E-state index is 12.0. The summed E-state index contributed by atoms with van der Waals surface area (Å²) in [6.07, 6.45) is 0.842. The lowest BCUT2D eigenvalue weighted by molar-refractivity contribution is -0.127. The summed E-state index contributed by atoms with van der Waals surface area (Å²) in [4.78, 5) is 28.0. The number of ketones is 1. The number of nitrogens with one attached hydrogen (secondary N) is 1. The number of benzene rings is 1. The molecule has 23 heavy (non-hydrogen) atoms. The Kier molecular flexibility index (Phi) is 5.68. The van der Waals surface area contributed by atoms with Crippen molar-refractivity contribution in [2.75, 3.05) is 6.54 Å². The van der Waals surface area contributed by atoms with Gasteiger partial charge < -0.3 is 9.73 Å². The molecule has 0 bridgehead atoms. The van der Waals surface area contributed by atoms with Gasteiger partial charge in [0.05, 0.1) is 18.5 Å². The molecule has 0 fully saturated rings. The Hall–Kier alpha value is -2.43. The molecule has 1 heterocycles. The van der Waals surface area contributed by atoms with Gasteiger partial charge in [-0.25, -0.2) is 4.98 Å². The van der Waals surface area contributed by atoms with Crippen LogP contribution in [-0.4, -0.2) is 23.2 Å². The smallest absolute Gasteiger partial charge is 0.227 e. The van der Waals surface area contributed by atoms with Crippen molar-refractivity contribution in [3.05, 3.63) is 41.3 Å². The van der Waals surface area contributed by atoms with Crippen molar-refractivity contribution in [1.29, 1.82) is 0 Å². The Morgan fingerprint density at radius 3 is 2.52 bits per heavy atom. The monoisotopic (exact) mass is 314 g/mol. The molecule has 0 saturated carbocycles. The molecule has 5 heteroatoms. The van der Waals surface area contributed by atoms with Gasteiger partial charge in [-0.15, -0.1) is 0 Å². The fourth-order valence-electron chi connectivity index (χ4n) is 2.17.